The molecule has 82 valence electrons. The van der Waals surface area contributed by atoms with Crippen molar-refractivity contribution in [1.29, 1.82) is 0 Å². The van der Waals surface area contributed by atoms with E-state index < -0.39 is 0 Å². The van der Waals surface area contributed by atoms with Crippen LogP contribution in [0.1, 0.15) is 30.1 Å². The first-order chi connectivity index (χ1) is 7.88. The number of aromatic nitrogens is 1. The first kappa shape index (κ1) is 9.60. The zero-order chi connectivity index (χ0) is 11.0. The minimum Gasteiger partial charge on any atom is -0.388 e. The molecule has 0 unspecified atom stereocenters. The minimum atomic E-state index is -0.0986. The summed E-state index contributed by atoms with van der Waals surface area (Å²) in [5.74, 6) is 1.20. The molecular weight excluding hydrogens is 202 g/mol. The Kier molecular flexibility index (Phi) is 2.26. The van der Waals surface area contributed by atoms with Gasteiger partial charge in [0, 0.05) is 11.6 Å². The molecule has 3 rings (SSSR count). The van der Waals surface area contributed by atoms with Crippen LogP contribution in [0.3, 0.4) is 0 Å². The van der Waals surface area contributed by atoms with Crippen LogP contribution < -0.4 is 0 Å². The summed E-state index contributed by atoms with van der Waals surface area (Å²) < 4.78 is 5.02. The molecule has 3 heteroatoms. The van der Waals surface area contributed by atoms with Crippen LogP contribution in [-0.4, -0.2) is 10.3 Å². The van der Waals surface area contributed by atoms with Crippen molar-refractivity contribution in [1.82, 2.24) is 5.16 Å². The van der Waals surface area contributed by atoms with Crippen molar-refractivity contribution in [3.63, 3.8) is 0 Å². The van der Waals surface area contributed by atoms with Gasteiger partial charge in [-0.2, -0.15) is 0 Å². The molecule has 16 heavy (non-hydrogen) atoms. The van der Waals surface area contributed by atoms with Crippen molar-refractivity contribution in [3.8, 4) is 11.3 Å². The Morgan fingerprint density at radius 1 is 1.31 bits per heavy atom. The minimum absolute atomic E-state index is 0.0986. The predicted octanol–water partition coefficient (Wildman–Crippen LogP) is 2.71. The molecule has 1 fully saturated rings. The number of hydrogen-bond acceptors (Lipinski definition) is 3. The Labute approximate surface area is 93.7 Å². The highest BCUT2D eigenvalue weighted by molar-refractivity contribution is 5.65. The van der Waals surface area contributed by atoms with Gasteiger partial charge in [-0.05, 0) is 24.3 Å². The third-order valence-corrected chi connectivity index (χ3v) is 2.97. The molecule has 1 heterocycles. The van der Waals surface area contributed by atoms with Crippen LogP contribution in [0, 0.1) is 0 Å². The fraction of sp³-hybridized carbons (Fsp3) is 0.308. The largest absolute Gasteiger partial charge is 0.388 e. The van der Waals surface area contributed by atoms with Gasteiger partial charge in [0.25, 0.3) is 0 Å². The molecule has 2 aromatic rings. The van der Waals surface area contributed by atoms with Crippen LogP contribution in [0.4, 0.5) is 0 Å². The molecule has 3 nitrogen and oxygen atoms in total. The van der Waals surface area contributed by atoms with Gasteiger partial charge in [0.1, 0.15) is 12.3 Å². The molecule has 0 amide bonds. The van der Waals surface area contributed by atoms with Gasteiger partial charge in [-0.15, -0.1) is 0 Å². The summed E-state index contributed by atoms with van der Waals surface area (Å²) in [6.45, 7) is -0.0986. The Bertz CT molecular complexity index is 500. The molecule has 0 aliphatic heterocycles. The molecule has 0 atom stereocenters. The summed E-state index contributed by atoms with van der Waals surface area (Å²) in [4.78, 5) is 0. The zero-order valence-electron chi connectivity index (χ0n) is 8.89. The second-order valence-corrected chi connectivity index (χ2v) is 4.20. The van der Waals surface area contributed by atoms with E-state index in [4.69, 9.17) is 9.63 Å². The van der Waals surface area contributed by atoms with E-state index >= 15 is 0 Å². The molecule has 0 saturated heterocycles. The maximum atomic E-state index is 8.95. The normalized spacial score (nSPS) is 15.3. The Balaban J connectivity index is 2.04. The van der Waals surface area contributed by atoms with E-state index in [1.54, 1.807) is 6.07 Å². The van der Waals surface area contributed by atoms with Gasteiger partial charge in [0.05, 0.1) is 0 Å². The van der Waals surface area contributed by atoms with Crippen LogP contribution in [-0.2, 0) is 6.61 Å². The molecule has 1 aliphatic carbocycles. The second kappa shape index (κ2) is 3.76. The van der Waals surface area contributed by atoms with Crippen LogP contribution in [0.25, 0.3) is 11.3 Å². The van der Waals surface area contributed by atoms with Crippen molar-refractivity contribution >= 4 is 0 Å². The van der Waals surface area contributed by atoms with Crippen LogP contribution in [0.5, 0.6) is 0 Å². The average molecular weight is 215 g/mol. The van der Waals surface area contributed by atoms with Gasteiger partial charge in [-0.3, -0.25) is 0 Å². The van der Waals surface area contributed by atoms with Crippen LogP contribution in [0.15, 0.2) is 34.9 Å². The maximum Gasteiger partial charge on any atom is 0.162 e. The Morgan fingerprint density at radius 3 is 2.81 bits per heavy atom. The number of aliphatic hydroxyl groups excluding tert-OH is 1. The molecule has 0 spiro atoms. The van der Waals surface area contributed by atoms with Gasteiger partial charge in [-0.25, -0.2) is 0 Å². The summed E-state index contributed by atoms with van der Waals surface area (Å²) in [6, 6.07) is 10.1. The second-order valence-electron chi connectivity index (χ2n) is 4.20. The van der Waals surface area contributed by atoms with Crippen molar-refractivity contribution in [3.05, 3.63) is 41.7 Å². The molecular formula is C13H13NO2. The topological polar surface area (TPSA) is 46.3 Å². The number of aliphatic hydroxyl groups is 1. The lowest BCUT2D eigenvalue weighted by Gasteiger charge is -2.04. The van der Waals surface area contributed by atoms with E-state index in [0.717, 1.165) is 11.3 Å². The van der Waals surface area contributed by atoms with Crippen LogP contribution >= 0.6 is 0 Å². The van der Waals surface area contributed by atoms with Crippen LogP contribution in [0.2, 0.25) is 0 Å². The highest BCUT2D eigenvalue weighted by atomic mass is 16.5. The molecule has 1 saturated carbocycles. The van der Waals surface area contributed by atoms with Crippen molar-refractivity contribution in [2.24, 2.45) is 0 Å². The highest BCUT2D eigenvalue weighted by Crippen LogP contribution is 2.44. The van der Waals surface area contributed by atoms with E-state index in [-0.39, 0.29) is 6.61 Å². The van der Waals surface area contributed by atoms with Gasteiger partial charge < -0.3 is 9.63 Å². The Morgan fingerprint density at radius 2 is 2.12 bits per heavy atom. The summed E-state index contributed by atoms with van der Waals surface area (Å²) in [5.41, 5.74) is 3.31. The predicted molar refractivity (Wildman–Crippen MR) is 59.8 cm³/mol. The van der Waals surface area contributed by atoms with Gasteiger partial charge >= 0.3 is 0 Å². The van der Waals surface area contributed by atoms with Gasteiger partial charge in [0.2, 0.25) is 0 Å². The van der Waals surface area contributed by atoms with Crippen molar-refractivity contribution in [2.75, 3.05) is 0 Å². The third kappa shape index (κ3) is 1.63. The quantitative estimate of drug-likeness (QED) is 0.856. The summed E-state index contributed by atoms with van der Waals surface area (Å²) in [6.07, 6.45) is 2.53. The molecule has 0 bridgehead atoms. The Hall–Kier alpha value is -1.61. The number of hydrogen-bond donors (Lipinski definition) is 1. The summed E-state index contributed by atoms with van der Waals surface area (Å²) in [7, 11) is 0. The monoisotopic (exact) mass is 215 g/mol. The van der Waals surface area contributed by atoms with E-state index in [1.807, 2.05) is 6.07 Å². The lowest BCUT2D eigenvalue weighted by molar-refractivity contribution is 0.229. The molecule has 1 N–H and O–H groups in total. The zero-order valence-corrected chi connectivity index (χ0v) is 8.89. The molecule has 0 radical (unpaired) electrons. The first-order valence-corrected chi connectivity index (χ1v) is 5.54. The van der Waals surface area contributed by atoms with Gasteiger partial charge in [-0.1, -0.05) is 29.4 Å². The number of rotatable bonds is 3. The molecule has 1 aromatic heterocycles. The summed E-state index contributed by atoms with van der Waals surface area (Å²) >= 11 is 0. The number of benzene rings is 1. The van der Waals surface area contributed by atoms with E-state index in [0.29, 0.717) is 11.7 Å². The first-order valence-electron chi connectivity index (χ1n) is 5.54. The number of nitrogens with zero attached hydrogens (tertiary/aromatic N) is 1. The maximum absolute atomic E-state index is 8.95. The summed E-state index contributed by atoms with van der Waals surface area (Å²) in [5, 5.41) is 12.9. The SMILES string of the molecule is OCc1cc(-c2ccccc2C2CC2)no1. The lowest BCUT2D eigenvalue weighted by atomic mass is 10.0. The fourth-order valence-electron chi connectivity index (χ4n) is 2.00. The molecule has 1 aromatic carbocycles. The van der Waals surface area contributed by atoms with E-state index in [9.17, 15) is 0 Å². The smallest absolute Gasteiger partial charge is 0.162 e. The van der Waals surface area contributed by atoms with E-state index in [2.05, 4.69) is 23.4 Å². The standard InChI is InChI=1S/C13H13NO2/c15-8-10-7-13(14-16-10)12-4-2-1-3-11(12)9-5-6-9/h1-4,7,9,15H,5-6,8H2. The molecule has 1 aliphatic rings. The highest BCUT2D eigenvalue weighted by Gasteiger charge is 2.26. The van der Waals surface area contributed by atoms with Gasteiger partial charge in [0.15, 0.2) is 5.76 Å². The lowest BCUT2D eigenvalue weighted by Crippen LogP contribution is -1.86. The van der Waals surface area contributed by atoms with Crippen molar-refractivity contribution < 1.29 is 9.63 Å². The average Bonchev–Trinajstić information content (AvgIpc) is 3.07. The third-order valence-electron chi connectivity index (χ3n) is 2.97. The van der Waals surface area contributed by atoms with Crippen molar-refractivity contribution in [2.45, 2.75) is 25.4 Å². The van der Waals surface area contributed by atoms with E-state index in [1.165, 1.54) is 18.4 Å². The fourth-order valence-corrected chi connectivity index (χ4v) is 2.00.